The number of aromatic nitrogens is 1. The number of carbonyl (C=O) groups is 1. The maximum atomic E-state index is 14.0. The molecule has 1 aromatic heterocycles. The molecule has 0 unspecified atom stereocenters. The van der Waals surface area contributed by atoms with Crippen LogP contribution in [0.15, 0.2) is 79.0 Å². The fourth-order valence-corrected chi connectivity index (χ4v) is 3.56. The maximum Gasteiger partial charge on any atom is 0.254 e. The Morgan fingerprint density at radius 1 is 1.03 bits per heavy atom. The highest BCUT2D eigenvalue weighted by Gasteiger charge is 2.20. The predicted octanol–water partition coefficient (Wildman–Crippen LogP) is 4.88. The van der Waals surface area contributed by atoms with Crippen LogP contribution in [0.3, 0.4) is 0 Å². The molecule has 0 saturated heterocycles. The van der Waals surface area contributed by atoms with Crippen molar-refractivity contribution in [1.29, 1.82) is 0 Å². The Hall–Kier alpha value is -3.60. The van der Waals surface area contributed by atoms with E-state index in [1.807, 2.05) is 48.7 Å². The summed E-state index contributed by atoms with van der Waals surface area (Å²) in [4.78, 5) is 15.8. The van der Waals surface area contributed by atoms with Crippen LogP contribution in [0.4, 0.5) is 4.39 Å². The van der Waals surface area contributed by atoms with Gasteiger partial charge in [0.15, 0.2) is 0 Å². The van der Waals surface area contributed by atoms with Crippen molar-refractivity contribution < 1.29 is 13.9 Å². The first kappa shape index (κ1) is 18.7. The first-order valence-corrected chi connectivity index (χ1v) is 9.40. The van der Waals surface area contributed by atoms with Crippen LogP contribution in [0.1, 0.15) is 27.4 Å². The molecule has 0 fully saturated rings. The average molecular weight is 388 g/mol. The van der Waals surface area contributed by atoms with Gasteiger partial charge in [0.05, 0.1) is 12.7 Å². The van der Waals surface area contributed by atoms with E-state index in [9.17, 15) is 9.18 Å². The summed E-state index contributed by atoms with van der Waals surface area (Å²) in [6, 6.07) is 21.8. The summed E-state index contributed by atoms with van der Waals surface area (Å²) in [6.07, 6.45) is 1.97. The number of benzene rings is 3. The van der Waals surface area contributed by atoms with Crippen molar-refractivity contribution in [3.8, 4) is 5.75 Å². The molecular formula is C24H21FN2O2. The Balaban J connectivity index is 1.66. The van der Waals surface area contributed by atoms with Crippen LogP contribution in [0.25, 0.3) is 10.9 Å². The smallest absolute Gasteiger partial charge is 0.254 e. The lowest BCUT2D eigenvalue weighted by atomic mass is 9.90. The van der Waals surface area contributed by atoms with Crippen LogP contribution in [0, 0.1) is 5.82 Å². The van der Waals surface area contributed by atoms with E-state index in [-0.39, 0.29) is 11.5 Å². The molecule has 0 bridgehead atoms. The fraction of sp³-hybridized carbons (Fsp3) is 0.125. The lowest BCUT2D eigenvalue weighted by Crippen LogP contribution is -2.29. The Morgan fingerprint density at radius 2 is 1.76 bits per heavy atom. The largest absolute Gasteiger partial charge is 0.497 e. The van der Waals surface area contributed by atoms with E-state index in [0.717, 1.165) is 27.8 Å². The van der Waals surface area contributed by atoms with Crippen LogP contribution in [-0.2, 0) is 0 Å². The first-order valence-electron chi connectivity index (χ1n) is 9.40. The topological polar surface area (TPSA) is 54.1 Å². The highest BCUT2D eigenvalue weighted by Crippen LogP contribution is 2.31. The summed E-state index contributed by atoms with van der Waals surface area (Å²) in [7, 11) is 1.63. The van der Waals surface area contributed by atoms with Gasteiger partial charge in [-0.25, -0.2) is 4.39 Å². The van der Waals surface area contributed by atoms with Crippen LogP contribution in [-0.4, -0.2) is 24.5 Å². The molecule has 4 aromatic rings. The average Bonchev–Trinajstić information content (AvgIpc) is 3.18. The van der Waals surface area contributed by atoms with Gasteiger partial charge in [0, 0.05) is 29.6 Å². The van der Waals surface area contributed by atoms with Crippen molar-refractivity contribution in [2.75, 3.05) is 13.7 Å². The first-order chi connectivity index (χ1) is 14.2. The second-order valence-corrected chi connectivity index (χ2v) is 6.81. The van der Waals surface area contributed by atoms with Gasteiger partial charge in [-0.3, -0.25) is 4.79 Å². The number of hydrogen-bond acceptors (Lipinski definition) is 2. The second-order valence-electron chi connectivity index (χ2n) is 6.81. The third-order valence-electron chi connectivity index (χ3n) is 5.10. The molecule has 0 aliphatic carbocycles. The van der Waals surface area contributed by atoms with E-state index >= 15 is 0 Å². The zero-order valence-corrected chi connectivity index (χ0v) is 16.0. The minimum Gasteiger partial charge on any atom is -0.497 e. The van der Waals surface area contributed by atoms with Gasteiger partial charge in [0.2, 0.25) is 0 Å². The molecule has 29 heavy (non-hydrogen) atoms. The van der Waals surface area contributed by atoms with Gasteiger partial charge in [-0.05, 0) is 41.5 Å². The van der Waals surface area contributed by atoms with Crippen molar-refractivity contribution in [1.82, 2.24) is 10.3 Å². The highest BCUT2D eigenvalue weighted by molar-refractivity contribution is 5.94. The van der Waals surface area contributed by atoms with E-state index in [2.05, 4.69) is 16.4 Å². The number of para-hydroxylation sites is 1. The number of methoxy groups -OCH3 is 1. The van der Waals surface area contributed by atoms with Crippen LogP contribution in [0.2, 0.25) is 0 Å². The molecule has 0 aliphatic heterocycles. The third-order valence-corrected chi connectivity index (χ3v) is 5.10. The normalized spacial score (nSPS) is 11.9. The molecule has 5 heteroatoms. The number of hydrogen-bond donors (Lipinski definition) is 2. The second kappa shape index (κ2) is 8.19. The van der Waals surface area contributed by atoms with Gasteiger partial charge in [0.1, 0.15) is 11.6 Å². The van der Waals surface area contributed by atoms with Crippen molar-refractivity contribution in [3.63, 3.8) is 0 Å². The predicted molar refractivity (Wildman–Crippen MR) is 112 cm³/mol. The highest BCUT2D eigenvalue weighted by atomic mass is 19.1. The Labute approximate surface area is 168 Å². The van der Waals surface area contributed by atoms with Gasteiger partial charge < -0.3 is 15.0 Å². The molecule has 2 N–H and O–H groups in total. The summed E-state index contributed by atoms with van der Waals surface area (Å²) < 4.78 is 19.2. The SMILES string of the molecule is COc1ccc([C@@H](CNC(=O)c2ccccc2F)c2c[nH]c3ccccc23)cc1. The van der Waals surface area contributed by atoms with E-state index in [1.165, 1.54) is 12.1 Å². The van der Waals surface area contributed by atoms with E-state index < -0.39 is 11.7 Å². The monoisotopic (exact) mass is 388 g/mol. The molecule has 1 amide bonds. The zero-order valence-electron chi connectivity index (χ0n) is 16.0. The van der Waals surface area contributed by atoms with Crippen molar-refractivity contribution >= 4 is 16.8 Å². The van der Waals surface area contributed by atoms with E-state index in [1.54, 1.807) is 19.2 Å². The molecule has 146 valence electrons. The minimum absolute atomic E-state index is 0.0416. The number of ether oxygens (including phenoxy) is 1. The van der Waals surface area contributed by atoms with Crippen molar-refractivity contribution in [2.45, 2.75) is 5.92 Å². The molecule has 3 aromatic carbocycles. The molecule has 1 atom stereocenters. The molecule has 4 rings (SSSR count). The van der Waals surface area contributed by atoms with Crippen molar-refractivity contribution in [2.24, 2.45) is 0 Å². The molecule has 0 aliphatic rings. The summed E-state index contributed by atoms with van der Waals surface area (Å²) in [5.41, 5.74) is 3.17. The summed E-state index contributed by atoms with van der Waals surface area (Å²) >= 11 is 0. The standard InChI is InChI=1S/C24H21FN2O2/c1-29-17-12-10-16(11-13-17)20(21-15-26-23-9-5-3-6-18(21)23)14-27-24(28)19-7-2-4-8-22(19)25/h2-13,15,20,26H,14H2,1H3,(H,27,28)/t20-/m1/s1. The summed E-state index contributed by atoms with van der Waals surface area (Å²) in [5.74, 6) is -0.297. The van der Waals surface area contributed by atoms with Gasteiger partial charge >= 0.3 is 0 Å². The van der Waals surface area contributed by atoms with Crippen LogP contribution >= 0.6 is 0 Å². The van der Waals surface area contributed by atoms with Crippen molar-refractivity contribution in [3.05, 3.63) is 102 Å². The van der Waals surface area contributed by atoms with Gasteiger partial charge in [-0.2, -0.15) is 0 Å². The summed E-state index contributed by atoms with van der Waals surface area (Å²) in [6.45, 7) is 0.335. The fourth-order valence-electron chi connectivity index (χ4n) is 3.56. The molecule has 0 radical (unpaired) electrons. The molecule has 1 heterocycles. The third kappa shape index (κ3) is 3.85. The number of aromatic amines is 1. The van der Waals surface area contributed by atoms with Gasteiger partial charge in [0.25, 0.3) is 5.91 Å². The Kier molecular flexibility index (Phi) is 5.29. The minimum atomic E-state index is -0.530. The number of fused-ring (bicyclic) bond motifs is 1. The number of amides is 1. The quantitative estimate of drug-likeness (QED) is 0.495. The molecular weight excluding hydrogens is 367 g/mol. The number of rotatable bonds is 6. The van der Waals surface area contributed by atoms with E-state index in [4.69, 9.17) is 4.74 Å². The summed E-state index contributed by atoms with van der Waals surface area (Å²) in [5, 5.41) is 3.99. The van der Waals surface area contributed by atoms with Crippen LogP contribution < -0.4 is 10.1 Å². The Bertz CT molecular complexity index is 1140. The number of nitrogens with one attached hydrogen (secondary N) is 2. The van der Waals surface area contributed by atoms with E-state index in [0.29, 0.717) is 6.54 Å². The molecule has 0 spiro atoms. The Morgan fingerprint density at radius 3 is 2.52 bits per heavy atom. The van der Waals surface area contributed by atoms with Gasteiger partial charge in [-0.15, -0.1) is 0 Å². The maximum absolute atomic E-state index is 14.0. The number of carbonyl (C=O) groups excluding carboxylic acids is 1. The lowest BCUT2D eigenvalue weighted by molar-refractivity contribution is 0.0948. The molecule has 4 nitrogen and oxygen atoms in total. The zero-order chi connectivity index (χ0) is 20.2. The number of halogens is 1. The van der Waals surface area contributed by atoms with Gasteiger partial charge in [-0.1, -0.05) is 42.5 Å². The number of H-pyrrole nitrogens is 1. The lowest BCUT2D eigenvalue weighted by Gasteiger charge is -2.19. The van der Waals surface area contributed by atoms with Crippen LogP contribution in [0.5, 0.6) is 5.75 Å². The molecule has 0 saturated carbocycles.